The van der Waals surface area contributed by atoms with Crippen LogP contribution in [0.2, 0.25) is 0 Å². The molecular formula is C12H12N2O3. The number of benzene rings is 1. The molecule has 1 N–H and O–H groups in total. The van der Waals surface area contributed by atoms with Crippen molar-refractivity contribution in [3.05, 3.63) is 23.3 Å². The van der Waals surface area contributed by atoms with Gasteiger partial charge in [-0.05, 0) is 30.2 Å². The van der Waals surface area contributed by atoms with Crippen LogP contribution in [0.1, 0.15) is 17.5 Å². The fraction of sp³-hybridized carbons (Fsp3) is 0.333. The van der Waals surface area contributed by atoms with E-state index in [0.717, 1.165) is 16.9 Å². The van der Waals surface area contributed by atoms with E-state index in [1.54, 1.807) is 6.07 Å². The molecule has 0 unspecified atom stereocenters. The molecule has 5 heteroatoms. The first-order valence-electron chi connectivity index (χ1n) is 5.23. The zero-order chi connectivity index (χ0) is 12.3. The Balaban J connectivity index is 2.07. The molecule has 0 spiro atoms. The van der Waals surface area contributed by atoms with E-state index in [4.69, 9.17) is 14.7 Å². The number of ether oxygens (including phenoxy) is 2. The maximum absolute atomic E-state index is 11.2. The van der Waals surface area contributed by atoms with Gasteiger partial charge in [-0.25, -0.2) is 0 Å². The predicted octanol–water partition coefficient (Wildman–Crippen LogP) is 1.25. The van der Waals surface area contributed by atoms with E-state index in [1.807, 2.05) is 19.1 Å². The first-order valence-corrected chi connectivity index (χ1v) is 5.23. The number of fused-ring (bicyclic) bond motifs is 1. The first-order chi connectivity index (χ1) is 8.20. The monoisotopic (exact) mass is 232 g/mol. The van der Waals surface area contributed by atoms with Gasteiger partial charge >= 0.3 is 0 Å². The topological polar surface area (TPSA) is 71.4 Å². The van der Waals surface area contributed by atoms with Crippen LogP contribution >= 0.6 is 0 Å². The number of hydrogen-bond donors (Lipinski definition) is 1. The fourth-order valence-corrected chi connectivity index (χ4v) is 1.60. The molecule has 1 aromatic rings. The highest BCUT2D eigenvalue weighted by Crippen LogP contribution is 2.34. The average molecular weight is 232 g/mol. The lowest BCUT2D eigenvalue weighted by Gasteiger charge is -2.08. The molecule has 17 heavy (non-hydrogen) atoms. The molecule has 5 nitrogen and oxygen atoms in total. The number of rotatable bonds is 3. The maximum atomic E-state index is 11.2. The van der Waals surface area contributed by atoms with Gasteiger partial charge in [-0.3, -0.25) is 4.79 Å². The lowest BCUT2D eigenvalue weighted by molar-refractivity contribution is -0.120. The summed E-state index contributed by atoms with van der Waals surface area (Å²) in [6, 6.07) is 5.54. The van der Waals surface area contributed by atoms with Crippen LogP contribution in [-0.2, 0) is 11.3 Å². The standard InChI is InChI=1S/C12H12N2O3/c1-8-4-10-11(17-7-16-10)5-9(8)6-14-12(15)2-3-13/h4-5H,2,6-7H2,1H3,(H,14,15). The lowest BCUT2D eigenvalue weighted by Crippen LogP contribution is -2.22. The van der Waals surface area contributed by atoms with Crippen molar-refractivity contribution in [3.63, 3.8) is 0 Å². The van der Waals surface area contributed by atoms with Crippen LogP contribution in [0.5, 0.6) is 11.5 Å². The van der Waals surface area contributed by atoms with E-state index >= 15 is 0 Å². The van der Waals surface area contributed by atoms with Crippen molar-refractivity contribution in [2.24, 2.45) is 0 Å². The molecule has 0 aliphatic carbocycles. The molecule has 0 aromatic heterocycles. The Kier molecular flexibility index (Phi) is 3.15. The van der Waals surface area contributed by atoms with Crippen molar-refractivity contribution >= 4 is 5.91 Å². The van der Waals surface area contributed by atoms with Crippen LogP contribution in [0.15, 0.2) is 12.1 Å². The van der Waals surface area contributed by atoms with Gasteiger partial charge in [0.2, 0.25) is 12.7 Å². The molecule has 1 heterocycles. The van der Waals surface area contributed by atoms with Gasteiger partial charge in [-0.15, -0.1) is 0 Å². The van der Waals surface area contributed by atoms with Crippen molar-refractivity contribution in [2.45, 2.75) is 19.9 Å². The van der Waals surface area contributed by atoms with Gasteiger partial charge < -0.3 is 14.8 Å². The minimum Gasteiger partial charge on any atom is -0.454 e. The first kappa shape index (κ1) is 11.3. The molecule has 0 bridgehead atoms. The lowest BCUT2D eigenvalue weighted by atomic mass is 10.1. The van der Waals surface area contributed by atoms with Gasteiger partial charge in [0.15, 0.2) is 11.5 Å². The van der Waals surface area contributed by atoms with Gasteiger partial charge in [-0.1, -0.05) is 0 Å². The van der Waals surface area contributed by atoms with E-state index in [1.165, 1.54) is 0 Å². The maximum Gasteiger partial charge on any atom is 0.234 e. The van der Waals surface area contributed by atoms with Crippen LogP contribution in [0.25, 0.3) is 0 Å². The quantitative estimate of drug-likeness (QED) is 0.851. The predicted molar refractivity (Wildman–Crippen MR) is 59.4 cm³/mol. The Morgan fingerprint density at radius 3 is 2.88 bits per heavy atom. The Bertz CT molecular complexity index is 491. The largest absolute Gasteiger partial charge is 0.454 e. The fourth-order valence-electron chi connectivity index (χ4n) is 1.60. The smallest absolute Gasteiger partial charge is 0.234 e. The molecule has 0 atom stereocenters. The molecule has 88 valence electrons. The second-order valence-electron chi connectivity index (χ2n) is 3.74. The van der Waals surface area contributed by atoms with Crippen LogP contribution in [-0.4, -0.2) is 12.7 Å². The van der Waals surface area contributed by atoms with Gasteiger partial charge in [0.1, 0.15) is 6.42 Å². The highest BCUT2D eigenvalue weighted by Gasteiger charge is 2.15. The Morgan fingerprint density at radius 2 is 2.18 bits per heavy atom. The summed E-state index contributed by atoms with van der Waals surface area (Å²) in [6.07, 6.45) is -0.121. The summed E-state index contributed by atoms with van der Waals surface area (Å²) >= 11 is 0. The third kappa shape index (κ3) is 2.48. The Hall–Kier alpha value is -2.22. The van der Waals surface area contributed by atoms with Crippen molar-refractivity contribution < 1.29 is 14.3 Å². The third-order valence-electron chi connectivity index (χ3n) is 2.55. The van der Waals surface area contributed by atoms with E-state index < -0.39 is 0 Å². The van der Waals surface area contributed by atoms with Crippen LogP contribution < -0.4 is 14.8 Å². The highest BCUT2D eigenvalue weighted by molar-refractivity contribution is 5.78. The van der Waals surface area contributed by atoms with Gasteiger partial charge in [-0.2, -0.15) is 5.26 Å². The van der Waals surface area contributed by atoms with Gasteiger partial charge in [0, 0.05) is 6.54 Å². The number of carbonyl (C=O) groups excluding carboxylic acids is 1. The zero-order valence-electron chi connectivity index (χ0n) is 9.45. The molecule has 1 aromatic carbocycles. The highest BCUT2D eigenvalue weighted by atomic mass is 16.7. The summed E-state index contributed by atoms with van der Waals surface area (Å²) in [7, 11) is 0. The van der Waals surface area contributed by atoms with E-state index in [-0.39, 0.29) is 19.1 Å². The molecule has 1 amide bonds. The summed E-state index contributed by atoms with van der Waals surface area (Å²) in [4.78, 5) is 11.2. The van der Waals surface area contributed by atoms with Crippen molar-refractivity contribution in [1.82, 2.24) is 5.32 Å². The minimum atomic E-state index is -0.274. The summed E-state index contributed by atoms with van der Waals surface area (Å²) in [5.41, 5.74) is 1.98. The number of hydrogen-bond acceptors (Lipinski definition) is 4. The molecular weight excluding hydrogens is 220 g/mol. The molecule has 1 aliphatic rings. The van der Waals surface area contributed by atoms with E-state index in [2.05, 4.69) is 5.32 Å². The number of nitriles is 1. The van der Waals surface area contributed by atoms with E-state index in [9.17, 15) is 4.79 Å². The third-order valence-corrected chi connectivity index (χ3v) is 2.55. The Labute approximate surface area is 98.9 Å². The summed E-state index contributed by atoms with van der Waals surface area (Å²) in [5.74, 6) is 1.15. The van der Waals surface area contributed by atoms with E-state index in [0.29, 0.717) is 12.3 Å². The number of nitrogens with zero attached hydrogens (tertiary/aromatic N) is 1. The van der Waals surface area contributed by atoms with Crippen LogP contribution in [0.4, 0.5) is 0 Å². The molecule has 0 saturated heterocycles. The molecule has 0 radical (unpaired) electrons. The number of nitrogens with one attached hydrogen (secondary N) is 1. The number of amides is 1. The minimum absolute atomic E-state index is 0.121. The van der Waals surface area contributed by atoms with Crippen molar-refractivity contribution in [2.75, 3.05) is 6.79 Å². The van der Waals surface area contributed by atoms with Crippen LogP contribution in [0.3, 0.4) is 0 Å². The second-order valence-corrected chi connectivity index (χ2v) is 3.74. The van der Waals surface area contributed by atoms with Crippen molar-refractivity contribution in [3.8, 4) is 17.6 Å². The normalized spacial score (nSPS) is 12.0. The summed E-state index contributed by atoms with van der Waals surface area (Å²) in [6.45, 7) is 2.57. The Morgan fingerprint density at radius 1 is 1.47 bits per heavy atom. The van der Waals surface area contributed by atoms with Crippen molar-refractivity contribution in [1.29, 1.82) is 5.26 Å². The molecule has 0 saturated carbocycles. The number of carbonyl (C=O) groups is 1. The van der Waals surface area contributed by atoms with Crippen LogP contribution in [0, 0.1) is 18.3 Å². The second kappa shape index (κ2) is 4.74. The average Bonchev–Trinajstić information content (AvgIpc) is 2.73. The zero-order valence-corrected chi connectivity index (χ0v) is 9.45. The summed E-state index contributed by atoms with van der Waals surface area (Å²) < 4.78 is 10.5. The molecule has 2 rings (SSSR count). The van der Waals surface area contributed by atoms with Gasteiger partial charge in [0.05, 0.1) is 6.07 Å². The number of aryl methyl sites for hydroxylation is 1. The molecule has 0 fully saturated rings. The van der Waals surface area contributed by atoms with Gasteiger partial charge in [0.25, 0.3) is 0 Å². The molecule has 1 aliphatic heterocycles. The SMILES string of the molecule is Cc1cc2c(cc1CNC(=O)CC#N)OCO2. The summed E-state index contributed by atoms with van der Waals surface area (Å²) in [5, 5.41) is 11.0.